The van der Waals surface area contributed by atoms with Crippen molar-refractivity contribution < 1.29 is 19.3 Å². The number of hydrogen-bond acceptors (Lipinski definition) is 4. The molecule has 4 nitrogen and oxygen atoms in total. The van der Waals surface area contributed by atoms with Crippen LogP contribution in [-0.4, -0.2) is 31.0 Å². The Labute approximate surface area is 307 Å². The molecular formula is C48H44O4. The molecule has 0 amide bonds. The second-order valence-corrected chi connectivity index (χ2v) is 14.5. The van der Waals surface area contributed by atoms with E-state index in [2.05, 4.69) is 123 Å². The summed E-state index contributed by atoms with van der Waals surface area (Å²) in [6.45, 7) is 8.19. The largest absolute Gasteiger partial charge is 0.481 e. The van der Waals surface area contributed by atoms with Gasteiger partial charge in [-0.15, -0.1) is 12.8 Å². The van der Waals surface area contributed by atoms with Gasteiger partial charge in [0.2, 0.25) is 0 Å². The van der Waals surface area contributed by atoms with Crippen LogP contribution in [0.1, 0.15) is 67.5 Å². The average Bonchev–Trinajstić information content (AvgIpc) is 3.46. The molecule has 52 heavy (non-hydrogen) atoms. The van der Waals surface area contributed by atoms with Crippen LogP contribution in [0.4, 0.5) is 0 Å². The number of methoxy groups -OCH3 is 1. The summed E-state index contributed by atoms with van der Waals surface area (Å²) in [5.74, 6) is 6.62. The molecule has 0 aromatic heterocycles. The maximum Gasteiger partial charge on any atom is 0.148 e. The van der Waals surface area contributed by atoms with Crippen molar-refractivity contribution in [2.75, 3.05) is 20.3 Å². The number of rotatable bonds is 11. The number of ether oxygens (including phenoxy) is 3. The normalized spacial score (nSPS) is 14.2. The van der Waals surface area contributed by atoms with E-state index in [-0.39, 0.29) is 13.2 Å². The number of hydrogen-bond donors (Lipinski definition) is 1. The molecule has 0 saturated carbocycles. The highest BCUT2D eigenvalue weighted by molar-refractivity contribution is 5.94. The first-order valence-corrected chi connectivity index (χ1v) is 17.8. The van der Waals surface area contributed by atoms with Gasteiger partial charge >= 0.3 is 0 Å². The predicted molar refractivity (Wildman–Crippen MR) is 212 cm³/mol. The van der Waals surface area contributed by atoms with E-state index in [9.17, 15) is 5.11 Å². The summed E-state index contributed by atoms with van der Waals surface area (Å²) in [5.41, 5.74) is 6.96. The highest BCUT2D eigenvalue weighted by atomic mass is 16.5. The van der Waals surface area contributed by atoms with Crippen LogP contribution in [0.3, 0.4) is 0 Å². The fourth-order valence-corrected chi connectivity index (χ4v) is 8.25. The lowest BCUT2D eigenvalue weighted by molar-refractivity contribution is -0.00206. The Morgan fingerprint density at radius 2 is 1.19 bits per heavy atom. The van der Waals surface area contributed by atoms with Gasteiger partial charge in [-0.25, -0.2) is 0 Å². The van der Waals surface area contributed by atoms with Crippen molar-refractivity contribution in [3.05, 3.63) is 143 Å². The summed E-state index contributed by atoms with van der Waals surface area (Å²) in [5, 5.41) is 15.2. The summed E-state index contributed by atoms with van der Waals surface area (Å²) in [4.78, 5) is 0. The number of terminal acetylenes is 2. The van der Waals surface area contributed by atoms with Gasteiger partial charge in [-0.3, -0.25) is 0 Å². The van der Waals surface area contributed by atoms with Gasteiger partial charge in [0.15, 0.2) is 0 Å². The smallest absolute Gasteiger partial charge is 0.148 e. The standard InChI is InChI=1S/C48H44O4/c1-8-27-51-43-25-19-32-29-34(21-23-36(32)40(43)31-46(4,5)49)48(41-17-13-11-15-38(41)39-16-12-14-18-42(39)48)35-22-24-37-33(30-35)20-26-44(52-28-9-2)45(37)47(6,10-3)50-7/h1-2,11-26,29-30,49H,10,27-28,31H2,3-7H3. The maximum absolute atomic E-state index is 10.9. The molecule has 4 heteroatoms. The molecule has 0 saturated heterocycles. The van der Waals surface area contributed by atoms with E-state index in [4.69, 9.17) is 27.1 Å². The van der Waals surface area contributed by atoms with Crippen LogP contribution in [0.25, 0.3) is 32.7 Å². The Hall–Kier alpha value is -5.52. The van der Waals surface area contributed by atoms with Crippen LogP contribution in [0.2, 0.25) is 0 Å². The van der Waals surface area contributed by atoms with Crippen LogP contribution in [0.5, 0.6) is 11.5 Å². The van der Waals surface area contributed by atoms with Gasteiger partial charge in [0.25, 0.3) is 0 Å². The lowest BCUT2D eigenvalue weighted by atomic mass is 9.67. The zero-order valence-electron chi connectivity index (χ0n) is 30.5. The number of fused-ring (bicyclic) bond motifs is 5. The minimum atomic E-state index is -0.946. The van der Waals surface area contributed by atoms with Gasteiger partial charge in [-0.05, 0) is 106 Å². The summed E-state index contributed by atoms with van der Waals surface area (Å²) in [6, 6.07) is 39.3. The lowest BCUT2D eigenvalue weighted by Gasteiger charge is -2.35. The minimum Gasteiger partial charge on any atom is -0.481 e. The first-order valence-electron chi connectivity index (χ1n) is 17.8. The maximum atomic E-state index is 10.9. The molecule has 1 unspecified atom stereocenters. The quantitative estimate of drug-likeness (QED) is 0.138. The average molecular weight is 685 g/mol. The summed E-state index contributed by atoms with van der Waals surface area (Å²) < 4.78 is 18.3. The van der Waals surface area contributed by atoms with Crippen molar-refractivity contribution in [3.8, 4) is 47.3 Å². The van der Waals surface area contributed by atoms with E-state index < -0.39 is 16.6 Å². The summed E-state index contributed by atoms with van der Waals surface area (Å²) >= 11 is 0. The monoisotopic (exact) mass is 684 g/mol. The molecule has 0 fully saturated rings. The van der Waals surface area contributed by atoms with Crippen molar-refractivity contribution in [2.45, 2.75) is 57.2 Å². The highest BCUT2D eigenvalue weighted by Crippen LogP contribution is 2.57. The Morgan fingerprint density at radius 3 is 1.73 bits per heavy atom. The molecule has 0 bridgehead atoms. The van der Waals surface area contributed by atoms with Crippen LogP contribution < -0.4 is 9.47 Å². The van der Waals surface area contributed by atoms with Crippen LogP contribution in [0, 0.1) is 24.7 Å². The van der Waals surface area contributed by atoms with Gasteiger partial charge in [-0.2, -0.15) is 0 Å². The summed E-state index contributed by atoms with van der Waals surface area (Å²) in [7, 11) is 1.75. The lowest BCUT2D eigenvalue weighted by Crippen LogP contribution is -2.29. The Morgan fingerprint density at radius 1 is 0.673 bits per heavy atom. The number of benzene rings is 6. The van der Waals surface area contributed by atoms with Crippen molar-refractivity contribution in [1.29, 1.82) is 0 Å². The molecule has 0 radical (unpaired) electrons. The van der Waals surface area contributed by atoms with Gasteiger partial charge in [0.1, 0.15) is 24.7 Å². The van der Waals surface area contributed by atoms with E-state index in [1.165, 1.54) is 22.3 Å². The zero-order chi connectivity index (χ0) is 36.7. The fraction of sp³-hybridized carbons (Fsp3) is 0.250. The molecule has 1 aliphatic rings. The van der Waals surface area contributed by atoms with E-state index in [0.717, 1.165) is 56.0 Å². The third-order valence-electron chi connectivity index (χ3n) is 10.8. The Balaban J connectivity index is 1.53. The third kappa shape index (κ3) is 5.70. The fourth-order valence-electron chi connectivity index (χ4n) is 8.25. The molecule has 0 spiro atoms. The second kappa shape index (κ2) is 13.6. The first kappa shape index (κ1) is 34.9. The van der Waals surface area contributed by atoms with Gasteiger partial charge in [0, 0.05) is 24.7 Å². The van der Waals surface area contributed by atoms with Crippen molar-refractivity contribution in [3.63, 3.8) is 0 Å². The molecule has 6 aromatic rings. The Bertz CT molecular complexity index is 2350. The van der Waals surface area contributed by atoms with E-state index >= 15 is 0 Å². The van der Waals surface area contributed by atoms with Gasteiger partial charge in [-0.1, -0.05) is 104 Å². The van der Waals surface area contributed by atoms with Crippen molar-refractivity contribution in [1.82, 2.24) is 0 Å². The van der Waals surface area contributed by atoms with Gasteiger partial charge in [0.05, 0.1) is 16.6 Å². The molecule has 260 valence electrons. The molecule has 1 atom stereocenters. The number of aliphatic hydroxyl groups is 1. The predicted octanol–water partition coefficient (Wildman–Crippen LogP) is 9.97. The molecule has 0 aliphatic heterocycles. The molecule has 0 heterocycles. The first-order chi connectivity index (χ1) is 25.1. The Kier molecular flexibility index (Phi) is 9.10. The second-order valence-electron chi connectivity index (χ2n) is 14.5. The third-order valence-corrected chi connectivity index (χ3v) is 10.8. The molecule has 7 rings (SSSR count). The summed E-state index contributed by atoms with van der Waals surface area (Å²) in [6.07, 6.45) is 12.3. The molecular weight excluding hydrogens is 641 g/mol. The van der Waals surface area contributed by atoms with Crippen molar-refractivity contribution in [2.24, 2.45) is 0 Å². The van der Waals surface area contributed by atoms with Gasteiger partial charge < -0.3 is 19.3 Å². The highest BCUT2D eigenvalue weighted by Gasteiger charge is 2.46. The molecule has 1 N–H and O–H groups in total. The van der Waals surface area contributed by atoms with Crippen LogP contribution in [0.15, 0.2) is 109 Å². The topological polar surface area (TPSA) is 47.9 Å². The molecule has 1 aliphatic carbocycles. The van der Waals surface area contributed by atoms with E-state index in [1.807, 2.05) is 26.0 Å². The molecule has 6 aromatic carbocycles. The van der Waals surface area contributed by atoms with E-state index in [0.29, 0.717) is 12.2 Å². The zero-order valence-corrected chi connectivity index (χ0v) is 30.5. The van der Waals surface area contributed by atoms with E-state index in [1.54, 1.807) is 7.11 Å². The SMILES string of the molecule is C#CCOc1ccc2cc(C3(c4ccc5c(C(C)(CC)OC)c(OCC#C)ccc5c4)c4ccccc4-c4ccccc43)ccc2c1CC(C)(C)O. The minimum absolute atomic E-state index is 0.155. The van der Waals surface area contributed by atoms with Crippen molar-refractivity contribution >= 4 is 21.5 Å². The van der Waals surface area contributed by atoms with Crippen LogP contribution in [-0.2, 0) is 22.2 Å². The van der Waals surface area contributed by atoms with Crippen LogP contribution >= 0.6 is 0 Å².